The van der Waals surface area contributed by atoms with E-state index in [0.29, 0.717) is 18.5 Å². The van der Waals surface area contributed by atoms with E-state index in [4.69, 9.17) is 0 Å². The maximum atomic E-state index is 13.0. The zero-order valence-electron chi connectivity index (χ0n) is 14.0. The molecule has 1 aliphatic heterocycles. The molecule has 0 aromatic heterocycles. The number of sulfonamides is 1. The van der Waals surface area contributed by atoms with Gasteiger partial charge in [0, 0.05) is 18.2 Å². The summed E-state index contributed by atoms with van der Waals surface area (Å²) in [6, 6.07) is 12.1. The van der Waals surface area contributed by atoms with Crippen LogP contribution in [0.5, 0.6) is 0 Å². The van der Waals surface area contributed by atoms with Crippen molar-refractivity contribution in [3.05, 3.63) is 65.5 Å². The molecule has 2 aromatic rings. The second-order valence-corrected chi connectivity index (χ2v) is 8.21. The first-order chi connectivity index (χ1) is 11.9. The maximum Gasteiger partial charge on any atom is 0.243 e. The number of nitrogens with zero attached hydrogens (tertiary/aromatic N) is 1. The van der Waals surface area contributed by atoms with Gasteiger partial charge in [0.05, 0.1) is 4.90 Å². The molecule has 1 fully saturated rings. The fourth-order valence-corrected chi connectivity index (χ4v) is 4.91. The molecule has 0 radical (unpaired) electrons. The minimum atomic E-state index is -3.61. The number of benzene rings is 2. The van der Waals surface area contributed by atoms with Gasteiger partial charge < -0.3 is 0 Å². The highest BCUT2D eigenvalue weighted by Gasteiger charge is 2.35. The molecule has 25 heavy (non-hydrogen) atoms. The van der Waals surface area contributed by atoms with Crippen molar-refractivity contribution in [3.8, 4) is 0 Å². The molecule has 1 heterocycles. The summed E-state index contributed by atoms with van der Waals surface area (Å²) in [6.07, 6.45) is 2.14. The number of hydrogen-bond donors (Lipinski definition) is 0. The predicted molar refractivity (Wildman–Crippen MR) is 93.5 cm³/mol. The minimum absolute atomic E-state index is 0.0979. The Balaban J connectivity index is 1.82. The maximum absolute atomic E-state index is 13.0. The first kappa shape index (κ1) is 17.8. The van der Waals surface area contributed by atoms with E-state index in [-0.39, 0.29) is 22.5 Å². The van der Waals surface area contributed by atoms with Gasteiger partial charge in [-0.25, -0.2) is 12.8 Å². The van der Waals surface area contributed by atoms with Crippen molar-refractivity contribution in [2.75, 3.05) is 6.54 Å². The number of rotatable bonds is 5. The lowest BCUT2D eigenvalue weighted by molar-refractivity contribution is 0.101. The van der Waals surface area contributed by atoms with Crippen LogP contribution in [0, 0.1) is 5.82 Å². The average Bonchev–Trinajstić information content (AvgIpc) is 3.06. The van der Waals surface area contributed by atoms with Crippen LogP contribution in [0.4, 0.5) is 4.39 Å². The number of hydrogen-bond acceptors (Lipinski definition) is 3. The molecule has 0 amide bonds. The Bertz CT molecular complexity index is 861. The van der Waals surface area contributed by atoms with Gasteiger partial charge in [0.2, 0.25) is 10.0 Å². The van der Waals surface area contributed by atoms with Crippen LogP contribution < -0.4 is 0 Å². The Hall–Kier alpha value is -2.05. The highest BCUT2D eigenvalue weighted by Crippen LogP contribution is 2.28. The van der Waals surface area contributed by atoms with E-state index in [1.165, 1.54) is 35.5 Å². The normalized spacial score (nSPS) is 18.4. The summed E-state index contributed by atoms with van der Waals surface area (Å²) in [7, 11) is -3.61. The number of ketones is 1. The molecule has 1 unspecified atom stereocenters. The van der Waals surface area contributed by atoms with Gasteiger partial charge in [-0.05, 0) is 56.0 Å². The van der Waals surface area contributed by atoms with E-state index in [0.717, 1.165) is 18.4 Å². The van der Waals surface area contributed by atoms with E-state index >= 15 is 0 Å². The Morgan fingerprint density at radius 2 is 1.76 bits per heavy atom. The molecule has 1 aliphatic rings. The molecule has 1 atom stereocenters. The molecule has 0 aliphatic carbocycles. The third kappa shape index (κ3) is 3.80. The molecule has 2 aromatic carbocycles. The fraction of sp³-hybridized carbons (Fsp3) is 0.316. The van der Waals surface area contributed by atoms with E-state index < -0.39 is 10.0 Å². The Labute approximate surface area is 147 Å². The lowest BCUT2D eigenvalue weighted by Crippen LogP contribution is -2.36. The van der Waals surface area contributed by atoms with Gasteiger partial charge in [-0.15, -0.1) is 0 Å². The number of carbonyl (C=O) groups excluding carboxylic acids is 1. The molecule has 0 saturated carbocycles. The zero-order valence-corrected chi connectivity index (χ0v) is 14.8. The standard InChI is InChI=1S/C19H20FNO3S/c1-14(22)16-6-10-19(11-7-16)25(23,24)21-12-2-3-18(21)13-15-4-8-17(20)9-5-15/h4-11,18H,2-3,12-13H2,1H3. The van der Waals surface area contributed by atoms with Gasteiger partial charge in [-0.3, -0.25) is 4.79 Å². The van der Waals surface area contributed by atoms with Crippen molar-refractivity contribution >= 4 is 15.8 Å². The van der Waals surface area contributed by atoms with Crippen molar-refractivity contribution in [1.82, 2.24) is 4.31 Å². The summed E-state index contributed by atoms with van der Waals surface area (Å²) >= 11 is 0. The van der Waals surface area contributed by atoms with Crippen molar-refractivity contribution in [3.63, 3.8) is 0 Å². The lowest BCUT2D eigenvalue weighted by Gasteiger charge is -2.24. The molecule has 0 N–H and O–H groups in total. The third-order valence-corrected chi connectivity index (χ3v) is 6.54. The second kappa shape index (κ2) is 7.06. The van der Waals surface area contributed by atoms with Crippen molar-refractivity contribution in [2.45, 2.75) is 37.1 Å². The van der Waals surface area contributed by atoms with Crippen LogP contribution >= 0.6 is 0 Å². The second-order valence-electron chi connectivity index (χ2n) is 6.32. The first-order valence-corrected chi connectivity index (χ1v) is 9.69. The molecule has 132 valence electrons. The Kier molecular flexibility index (Phi) is 5.01. The minimum Gasteiger partial charge on any atom is -0.295 e. The first-order valence-electron chi connectivity index (χ1n) is 8.25. The molecule has 6 heteroatoms. The van der Waals surface area contributed by atoms with Crippen LogP contribution in [0.2, 0.25) is 0 Å². The van der Waals surface area contributed by atoms with Crippen molar-refractivity contribution in [1.29, 1.82) is 0 Å². The third-order valence-electron chi connectivity index (χ3n) is 4.58. The van der Waals surface area contributed by atoms with Gasteiger partial charge >= 0.3 is 0 Å². The summed E-state index contributed by atoms with van der Waals surface area (Å²) in [4.78, 5) is 11.6. The highest BCUT2D eigenvalue weighted by atomic mass is 32.2. The van der Waals surface area contributed by atoms with Gasteiger partial charge in [0.1, 0.15) is 5.82 Å². The Morgan fingerprint density at radius 1 is 1.12 bits per heavy atom. The summed E-state index contributed by atoms with van der Waals surface area (Å²) in [6.45, 7) is 1.92. The molecular formula is C19H20FNO3S. The molecule has 0 spiro atoms. The van der Waals surface area contributed by atoms with Crippen LogP contribution in [0.25, 0.3) is 0 Å². The van der Waals surface area contributed by atoms with Gasteiger partial charge in [-0.2, -0.15) is 4.31 Å². The molecular weight excluding hydrogens is 341 g/mol. The number of carbonyl (C=O) groups is 1. The Morgan fingerprint density at radius 3 is 2.36 bits per heavy atom. The quantitative estimate of drug-likeness (QED) is 0.767. The summed E-state index contributed by atoms with van der Waals surface area (Å²) < 4.78 is 40.5. The SMILES string of the molecule is CC(=O)c1ccc(S(=O)(=O)N2CCCC2Cc2ccc(F)cc2)cc1. The molecule has 3 rings (SSSR count). The van der Waals surface area contributed by atoms with E-state index in [9.17, 15) is 17.6 Å². The van der Waals surface area contributed by atoms with E-state index in [2.05, 4.69) is 0 Å². The van der Waals surface area contributed by atoms with Crippen LogP contribution in [-0.2, 0) is 16.4 Å². The lowest BCUT2D eigenvalue weighted by atomic mass is 10.0. The van der Waals surface area contributed by atoms with Crippen molar-refractivity contribution < 1.29 is 17.6 Å². The van der Waals surface area contributed by atoms with Gasteiger partial charge in [0.15, 0.2) is 5.78 Å². The molecule has 1 saturated heterocycles. The number of halogens is 1. The highest BCUT2D eigenvalue weighted by molar-refractivity contribution is 7.89. The fourth-order valence-electron chi connectivity index (χ4n) is 3.22. The largest absolute Gasteiger partial charge is 0.295 e. The summed E-state index contributed by atoms with van der Waals surface area (Å²) in [5, 5.41) is 0. The van der Waals surface area contributed by atoms with Crippen LogP contribution in [0.1, 0.15) is 35.7 Å². The van der Waals surface area contributed by atoms with Crippen LogP contribution in [0.3, 0.4) is 0 Å². The summed E-state index contributed by atoms with van der Waals surface area (Å²) in [5.41, 5.74) is 1.41. The molecule has 0 bridgehead atoms. The van der Waals surface area contributed by atoms with Crippen LogP contribution in [0.15, 0.2) is 53.4 Å². The molecule has 4 nitrogen and oxygen atoms in total. The van der Waals surface area contributed by atoms with E-state index in [1.54, 1.807) is 24.3 Å². The number of Topliss-reactive ketones (excluding diaryl/α,β-unsaturated/α-hetero) is 1. The summed E-state index contributed by atoms with van der Waals surface area (Å²) in [5.74, 6) is -0.399. The monoisotopic (exact) mass is 361 g/mol. The van der Waals surface area contributed by atoms with E-state index in [1.807, 2.05) is 0 Å². The van der Waals surface area contributed by atoms with Gasteiger partial charge in [0.25, 0.3) is 0 Å². The predicted octanol–water partition coefficient (Wildman–Crippen LogP) is 3.42. The smallest absolute Gasteiger partial charge is 0.243 e. The average molecular weight is 361 g/mol. The van der Waals surface area contributed by atoms with Crippen LogP contribution in [-0.4, -0.2) is 31.1 Å². The van der Waals surface area contributed by atoms with Gasteiger partial charge in [-0.1, -0.05) is 24.3 Å². The van der Waals surface area contributed by atoms with Crippen molar-refractivity contribution in [2.24, 2.45) is 0 Å². The topological polar surface area (TPSA) is 54.5 Å². The zero-order chi connectivity index (χ0) is 18.0.